The van der Waals surface area contributed by atoms with E-state index in [2.05, 4.69) is 5.32 Å². The summed E-state index contributed by atoms with van der Waals surface area (Å²) in [6, 6.07) is 15.0. The minimum atomic E-state index is -0.157. The predicted molar refractivity (Wildman–Crippen MR) is 91.3 cm³/mol. The number of hydrogen-bond donors (Lipinski definition) is 1. The lowest BCUT2D eigenvalue weighted by Crippen LogP contribution is -2.29. The molecule has 0 fully saturated rings. The number of methoxy groups -OCH3 is 1. The summed E-state index contributed by atoms with van der Waals surface area (Å²) in [7, 11) is 1.65. The number of carbonyl (C=O) groups is 1. The third-order valence-corrected chi connectivity index (χ3v) is 3.61. The van der Waals surface area contributed by atoms with E-state index in [4.69, 9.17) is 21.1 Å². The van der Waals surface area contributed by atoms with Crippen LogP contribution < -0.4 is 14.8 Å². The van der Waals surface area contributed by atoms with Crippen molar-refractivity contribution in [2.75, 3.05) is 20.3 Å². The fourth-order valence-corrected chi connectivity index (χ4v) is 2.29. The zero-order chi connectivity index (χ0) is 16.5. The van der Waals surface area contributed by atoms with Crippen molar-refractivity contribution in [2.24, 2.45) is 0 Å². The lowest BCUT2D eigenvalue weighted by Gasteiger charge is -2.09. The number of para-hydroxylation sites is 1. The van der Waals surface area contributed by atoms with Gasteiger partial charge in [0.05, 0.1) is 12.1 Å². The third-order valence-electron chi connectivity index (χ3n) is 3.29. The van der Waals surface area contributed by atoms with Gasteiger partial charge in [0.2, 0.25) is 0 Å². The summed E-state index contributed by atoms with van der Waals surface area (Å²) in [6.45, 7) is 0.560. The Morgan fingerprint density at radius 2 is 2.00 bits per heavy atom. The van der Waals surface area contributed by atoms with Crippen LogP contribution in [0.5, 0.6) is 11.5 Å². The maximum absolute atomic E-state index is 11.7. The summed E-state index contributed by atoms with van der Waals surface area (Å²) in [5, 5.41) is 3.33. The largest absolute Gasteiger partial charge is 0.497 e. The Labute approximate surface area is 141 Å². The smallest absolute Gasteiger partial charge is 0.257 e. The summed E-state index contributed by atoms with van der Waals surface area (Å²) in [4.78, 5) is 11.7. The van der Waals surface area contributed by atoms with Crippen molar-refractivity contribution < 1.29 is 14.3 Å². The van der Waals surface area contributed by atoms with Crippen molar-refractivity contribution in [3.63, 3.8) is 0 Å². The first-order chi connectivity index (χ1) is 11.2. The molecule has 0 aliphatic rings. The minimum Gasteiger partial charge on any atom is -0.497 e. The maximum atomic E-state index is 11.7. The molecule has 5 heteroatoms. The van der Waals surface area contributed by atoms with Crippen LogP contribution in [0.4, 0.5) is 0 Å². The second-order valence-corrected chi connectivity index (χ2v) is 5.43. The number of nitrogens with one attached hydrogen (secondary N) is 1. The molecule has 2 aromatic rings. The lowest BCUT2D eigenvalue weighted by atomic mass is 10.1. The number of aryl methyl sites for hydroxylation is 1. The van der Waals surface area contributed by atoms with Gasteiger partial charge in [0.15, 0.2) is 6.61 Å². The van der Waals surface area contributed by atoms with Crippen LogP contribution in [-0.4, -0.2) is 26.2 Å². The van der Waals surface area contributed by atoms with Crippen LogP contribution in [0.15, 0.2) is 48.5 Å². The molecule has 122 valence electrons. The molecule has 2 rings (SSSR count). The number of halogens is 1. The van der Waals surface area contributed by atoms with Gasteiger partial charge in [-0.3, -0.25) is 4.79 Å². The SMILES string of the molecule is COc1cccc(CCCNC(=O)COc2ccccc2Cl)c1. The standard InChI is InChI=1S/C18H20ClNO3/c1-22-15-8-4-6-14(12-15)7-5-11-20-18(21)13-23-17-10-3-2-9-16(17)19/h2-4,6,8-10,12H,5,7,11,13H2,1H3,(H,20,21). The summed E-state index contributed by atoms with van der Waals surface area (Å²) in [5.41, 5.74) is 1.19. The van der Waals surface area contributed by atoms with Crippen molar-refractivity contribution in [3.05, 3.63) is 59.1 Å². The monoisotopic (exact) mass is 333 g/mol. The van der Waals surface area contributed by atoms with E-state index in [0.717, 1.165) is 18.6 Å². The van der Waals surface area contributed by atoms with E-state index in [1.807, 2.05) is 36.4 Å². The first kappa shape index (κ1) is 17.2. The molecular formula is C18H20ClNO3. The Morgan fingerprint density at radius 1 is 1.17 bits per heavy atom. The van der Waals surface area contributed by atoms with Gasteiger partial charge in [-0.15, -0.1) is 0 Å². The normalized spacial score (nSPS) is 10.2. The van der Waals surface area contributed by atoms with E-state index in [-0.39, 0.29) is 12.5 Å². The van der Waals surface area contributed by atoms with Crippen LogP contribution in [-0.2, 0) is 11.2 Å². The third kappa shape index (κ3) is 5.83. The zero-order valence-corrected chi connectivity index (χ0v) is 13.8. The predicted octanol–water partition coefficient (Wildman–Crippen LogP) is 3.48. The lowest BCUT2D eigenvalue weighted by molar-refractivity contribution is -0.123. The average molecular weight is 334 g/mol. The molecule has 0 aliphatic carbocycles. The van der Waals surface area contributed by atoms with E-state index in [1.54, 1.807) is 19.2 Å². The molecule has 1 amide bonds. The van der Waals surface area contributed by atoms with Crippen LogP contribution in [0.1, 0.15) is 12.0 Å². The number of rotatable bonds is 8. The van der Waals surface area contributed by atoms with Crippen molar-refractivity contribution in [1.82, 2.24) is 5.32 Å². The van der Waals surface area contributed by atoms with Gasteiger partial charge >= 0.3 is 0 Å². The van der Waals surface area contributed by atoms with Crippen LogP contribution >= 0.6 is 11.6 Å². The van der Waals surface area contributed by atoms with Crippen molar-refractivity contribution in [1.29, 1.82) is 0 Å². The van der Waals surface area contributed by atoms with Gasteiger partial charge in [0.25, 0.3) is 5.91 Å². The van der Waals surface area contributed by atoms with E-state index in [1.165, 1.54) is 5.56 Å². The van der Waals surface area contributed by atoms with Gasteiger partial charge in [0.1, 0.15) is 11.5 Å². The minimum absolute atomic E-state index is 0.0388. The van der Waals surface area contributed by atoms with Crippen molar-refractivity contribution in [2.45, 2.75) is 12.8 Å². The van der Waals surface area contributed by atoms with Gasteiger partial charge in [-0.2, -0.15) is 0 Å². The quantitative estimate of drug-likeness (QED) is 0.752. The molecule has 0 aliphatic heterocycles. The summed E-state index contributed by atoms with van der Waals surface area (Å²) >= 11 is 5.96. The van der Waals surface area contributed by atoms with Crippen molar-refractivity contribution in [3.8, 4) is 11.5 Å². The molecular weight excluding hydrogens is 314 g/mol. The highest BCUT2D eigenvalue weighted by Gasteiger charge is 2.05. The molecule has 0 unspecified atom stereocenters. The fraction of sp³-hybridized carbons (Fsp3) is 0.278. The van der Waals surface area contributed by atoms with Gasteiger partial charge in [0, 0.05) is 6.54 Å². The number of carbonyl (C=O) groups excluding carboxylic acids is 1. The number of amides is 1. The Morgan fingerprint density at radius 3 is 2.78 bits per heavy atom. The van der Waals surface area contributed by atoms with Crippen LogP contribution in [0.25, 0.3) is 0 Å². The fourth-order valence-electron chi connectivity index (χ4n) is 2.10. The first-order valence-corrected chi connectivity index (χ1v) is 7.84. The molecule has 0 heterocycles. The van der Waals surface area contributed by atoms with Crippen LogP contribution in [0.3, 0.4) is 0 Å². The second-order valence-electron chi connectivity index (χ2n) is 5.02. The van der Waals surface area contributed by atoms with Gasteiger partial charge < -0.3 is 14.8 Å². The summed E-state index contributed by atoms with van der Waals surface area (Å²) < 4.78 is 10.6. The molecule has 0 saturated heterocycles. The topological polar surface area (TPSA) is 47.6 Å². The Kier molecular flexibility index (Phi) is 6.76. The molecule has 1 N–H and O–H groups in total. The Bertz CT molecular complexity index is 646. The molecule has 0 saturated carbocycles. The average Bonchev–Trinajstić information content (AvgIpc) is 2.58. The molecule has 4 nitrogen and oxygen atoms in total. The first-order valence-electron chi connectivity index (χ1n) is 7.46. The van der Waals surface area contributed by atoms with E-state index < -0.39 is 0 Å². The maximum Gasteiger partial charge on any atom is 0.257 e. The highest BCUT2D eigenvalue weighted by atomic mass is 35.5. The highest BCUT2D eigenvalue weighted by molar-refractivity contribution is 6.32. The molecule has 0 atom stereocenters. The Balaban J connectivity index is 1.66. The van der Waals surface area contributed by atoms with E-state index in [0.29, 0.717) is 17.3 Å². The number of ether oxygens (including phenoxy) is 2. The van der Waals surface area contributed by atoms with E-state index in [9.17, 15) is 4.79 Å². The molecule has 23 heavy (non-hydrogen) atoms. The molecule has 0 radical (unpaired) electrons. The van der Waals surface area contributed by atoms with Crippen molar-refractivity contribution >= 4 is 17.5 Å². The summed E-state index contributed by atoms with van der Waals surface area (Å²) in [5.74, 6) is 1.20. The number of benzene rings is 2. The van der Waals surface area contributed by atoms with Gasteiger partial charge in [-0.1, -0.05) is 35.9 Å². The van der Waals surface area contributed by atoms with E-state index >= 15 is 0 Å². The number of hydrogen-bond acceptors (Lipinski definition) is 3. The van der Waals surface area contributed by atoms with Gasteiger partial charge in [-0.05, 0) is 42.7 Å². The molecule has 2 aromatic carbocycles. The highest BCUT2D eigenvalue weighted by Crippen LogP contribution is 2.22. The zero-order valence-electron chi connectivity index (χ0n) is 13.0. The molecule has 0 bridgehead atoms. The molecule has 0 aromatic heterocycles. The van der Waals surface area contributed by atoms with Crippen LogP contribution in [0.2, 0.25) is 5.02 Å². The summed E-state index contributed by atoms with van der Waals surface area (Å²) in [6.07, 6.45) is 1.73. The van der Waals surface area contributed by atoms with Crippen LogP contribution in [0, 0.1) is 0 Å². The molecule has 0 spiro atoms. The van der Waals surface area contributed by atoms with Gasteiger partial charge in [-0.25, -0.2) is 0 Å². The Hall–Kier alpha value is -2.20. The second kappa shape index (κ2) is 9.06.